The fraction of sp³-hybridized carbons (Fsp3) is 0.368. The molecule has 23 heavy (non-hydrogen) atoms. The largest absolute Gasteiger partial charge is 0.483 e. The zero-order valence-corrected chi connectivity index (χ0v) is 14.1. The van der Waals surface area contributed by atoms with Gasteiger partial charge >= 0.3 is 0 Å². The van der Waals surface area contributed by atoms with Gasteiger partial charge in [-0.3, -0.25) is 9.78 Å². The van der Waals surface area contributed by atoms with E-state index in [1.807, 2.05) is 56.0 Å². The lowest BCUT2D eigenvalue weighted by Gasteiger charge is -2.21. The smallest absolute Gasteiger partial charge is 0.260 e. The van der Waals surface area contributed by atoms with Gasteiger partial charge in [0.05, 0.1) is 0 Å². The first kappa shape index (κ1) is 17.0. The van der Waals surface area contributed by atoms with Gasteiger partial charge in [0.15, 0.2) is 6.61 Å². The van der Waals surface area contributed by atoms with Gasteiger partial charge in [0.2, 0.25) is 0 Å². The Morgan fingerprint density at radius 3 is 2.61 bits per heavy atom. The molecule has 4 nitrogen and oxygen atoms in total. The lowest BCUT2D eigenvalue weighted by Crippen LogP contribution is -2.36. The number of aryl methyl sites for hydroxylation is 2. The maximum Gasteiger partial charge on any atom is 0.260 e. The number of hydrogen-bond acceptors (Lipinski definition) is 3. The summed E-state index contributed by atoms with van der Waals surface area (Å²) in [6, 6.07) is 9.97. The van der Waals surface area contributed by atoms with Crippen molar-refractivity contribution in [3.63, 3.8) is 0 Å². The standard InChI is InChI=1S/C19H24N2O2/c1-4-21(12-9-17-7-10-20-11-8-17)19(22)14-23-18-13-15(2)5-6-16(18)3/h5-8,10-11,13H,4,9,12,14H2,1-3H3. The number of pyridine rings is 1. The van der Waals surface area contributed by atoms with Crippen molar-refractivity contribution in [3.8, 4) is 5.75 Å². The molecule has 2 rings (SSSR count). The second-order valence-electron chi connectivity index (χ2n) is 5.64. The van der Waals surface area contributed by atoms with Crippen LogP contribution in [0.2, 0.25) is 0 Å². The van der Waals surface area contributed by atoms with E-state index in [-0.39, 0.29) is 12.5 Å². The van der Waals surface area contributed by atoms with Crippen molar-refractivity contribution in [1.82, 2.24) is 9.88 Å². The Kier molecular flexibility index (Phi) is 6.15. The molecule has 0 unspecified atom stereocenters. The number of hydrogen-bond donors (Lipinski definition) is 0. The second-order valence-corrected chi connectivity index (χ2v) is 5.64. The van der Waals surface area contributed by atoms with Crippen molar-refractivity contribution >= 4 is 5.91 Å². The van der Waals surface area contributed by atoms with Crippen LogP contribution >= 0.6 is 0 Å². The molecule has 0 bridgehead atoms. The van der Waals surface area contributed by atoms with Crippen LogP contribution in [0.15, 0.2) is 42.7 Å². The number of carbonyl (C=O) groups excluding carboxylic acids is 1. The first-order valence-corrected chi connectivity index (χ1v) is 7.97. The van der Waals surface area contributed by atoms with Gasteiger partial charge in [0.25, 0.3) is 5.91 Å². The van der Waals surface area contributed by atoms with Gasteiger partial charge in [-0.05, 0) is 62.1 Å². The molecule has 0 aliphatic carbocycles. The number of likely N-dealkylation sites (N-methyl/N-ethyl adjacent to an activating group) is 1. The Hall–Kier alpha value is -2.36. The molecule has 0 spiro atoms. The van der Waals surface area contributed by atoms with Crippen molar-refractivity contribution in [3.05, 3.63) is 59.4 Å². The van der Waals surface area contributed by atoms with Crippen LogP contribution in [-0.2, 0) is 11.2 Å². The maximum absolute atomic E-state index is 12.4. The van der Waals surface area contributed by atoms with Crippen molar-refractivity contribution in [2.24, 2.45) is 0 Å². The lowest BCUT2D eigenvalue weighted by atomic mass is 10.1. The number of nitrogens with zero attached hydrogens (tertiary/aromatic N) is 2. The molecule has 0 radical (unpaired) electrons. The summed E-state index contributed by atoms with van der Waals surface area (Å²) in [5.41, 5.74) is 3.35. The normalized spacial score (nSPS) is 10.4. The monoisotopic (exact) mass is 312 g/mol. The van der Waals surface area contributed by atoms with Gasteiger partial charge in [0.1, 0.15) is 5.75 Å². The molecule has 4 heteroatoms. The molecule has 0 aliphatic rings. The molecule has 1 aromatic heterocycles. The summed E-state index contributed by atoms with van der Waals surface area (Å²) >= 11 is 0. The molecule has 122 valence electrons. The first-order chi connectivity index (χ1) is 11.1. The number of amides is 1. The summed E-state index contributed by atoms with van der Waals surface area (Å²) in [4.78, 5) is 18.2. The van der Waals surface area contributed by atoms with Crippen LogP contribution < -0.4 is 4.74 Å². The van der Waals surface area contributed by atoms with Crippen molar-refractivity contribution in [2.45, 2.75) is 27.2 Å². The van der Waals surface area contributed by atoms with Gasteiger partial charge in [-0.25, -0.2) is 0 Å². The highest BCUT2D eigenvalue weighted by molar-refractivity contribution is 5.77. The van der Waals surface area contributed by atoms with Crippen molar-refractivity contribution in [1.29, 1.82) is 0 Å². The summed E-state index contributed by atoms with van der Waals surface area (Å²) in [5, 5.41) is 0. The maximum atomic E-state index is 12.4. The molecule has 0 N–H and O–H groups in total. The molecule has 0 saturated heterocycles. The third kappa shape index (κ3) is 5.09. The zero-order valence-electron chi connectivity index (χ0n) is 14.1. The molecular weight excluding hydrogens is 288 g/mol. The summed E-state index contributed by atoms with van der Waals surface area (Å²) < 4.78 is 5.71. The quantitative estimate of drug-likeness (QED) is 0.788. The number of ether oxygens (including phenoxy) is 1. The van der Waals surface area contributed by atoms with E-state index in [1.54, 1.807) is 12.4 Å². The van der Waals surface area contributed by atoms with Crippen LogP contribution in [0.1, 0.15) is 23.6 Å². The lowest BCUT2D eigenvalue weighted by molar-refractivity contribution is -0.133. The third-order valence-electron chi connectivity index (χ3n) is 3.85. The summed E-state index contributed by atoms with van der Waals surface area (Å²) in [5.74, 6) is 0.797. The zero-order chi connectivity index (χ0) is 16.7. The minimum atomic E-state index is 0.0162. The minimum absolute atomic E-state index is 0.0162. The minimum Gasteiger partial charge on any atom is -0.483 e. The predicted octanol–water partition coefficient (Wildman–Crippen LogP) is 3.17. The molecule has 2 aromatic rings. The Labute approximate surface area is 138 Å². The Bertz CT molecular complexity index is 641. The average Bonchev–Trinajstić information content (AvgIpc) is 2.57. The van der Waals surface area contributed by atoms with Crippen LogP contribution in [0.4, 0.5) is 0 Å². The molecule has 0 saturated carbocycles. The summed E-state index contributed by atoms with van der Waals surface area (Å²) in [6.07, 6.45) is 4.37. The molecule has 1 heterocycles. The number of benzene rings is 1. The third-order valence-corrected chi connectivity index (χ3v) is 3.85. The number of rotatable bonds is 7. The van der Waals surface area contributed by atoms with Crippen LogP contribution in [0.3, 0.4) is 0 Å². The number of carbonyl (C=O) groups is 1. The highest BCUT2D eigenvalue weighted by Gasteiger charge is 2.13. The number of aromatic nitrogens is 1. The van der Waals surface area contributed by atoms with E-state index in [4.69, 9.17) is 4.74 Å². The molecule has 0 fully saturated rings. The van der Waals surface area contributed by atoms with Gasteiger partial charge in [-0.15, -0.1) is 0 Å². The fourth-order valence-electron chi connectivity index (χ4n) is 2.37. The molecule has 1 aromatic carbocycles. The van der Waals surface area contributed by atoms with Gasteiger partial charge < -0.3 is 9.64 Å². The molecule has 0 aliphatic heterocycles. The van der Waals surface area contributed by atoms with Gasteiger partial charge in [-0.2, -0.15) is 0 Å². The fourth-order valence-corrected chi connectivity index (χ4v) is 2.37. The molecular formula is C19H24N2O2. The highest BCUT2D eigenvalue weighted by atomic mass is 16.5. The van der Waals surface area contributed by atoms with Crippen molar-refractivity contribution in [2.75, 3.05) is 19.7 Å². The second kappa shape index (κ2) is 8.32. The van der Waals surface area contributed by atoms with E-state index in [1.165, 1.54) is 5.56 Å². The van der Waals surface area contributed by atoms with Crippen LogP contribution in [0, 0.1) is 13.8 Å². The first-order valence-electron chi connectivity index (χ1n) is 7.97. The molecule has 0 atom stereocenters. The van der Waals surface area contributed by atoms with Crippen LogP contribution in [0.25, 0.3) is 0 Å². The SMILES string of the molecule is CCN(CCc1ccncc1)C(=O)COc1cc(C)ccc1C. The molecule has 1 amide bonds. The van der Waals surface area contributed by atoms with E-state index in [0.29, 0.717) is 13.1 Å². The van der Waals surface area contributed by atoms with E-state index >= 15 is 0 Å². The van der Waals surface area contributed by atoms with Gasteiger partial charge in [0, 0.05) is 25.5 Å². The highest BCUT2D eigenvalue weighted by Crippen LogP contribution is 2.19. The van der Waals surface area contributed by atoms with E-state index in [2.05, 4.69) is 4.98 Å². The van der Waals surface area contributed by atoms with Crippen LogP contribution in [0.5, 0.6) is 5.75 Å². The van der Waals surface area contributed by atoms with Crippen LogP contribution in [-0.4, -0.2) is 35.5 Å². The topological polar surface area (TPSA) is 42.4 Å². The van der Waals surface area contributed by atoms with Crippen molar-refractivity contribution < 1.29 is 9.53 Å². The summed E-state index contributed by atoms with van der Waals surface area (Å²) in [7, 11) is 0. The van der Waals surface area contributed by atoms with E-state index in [0.717, 1.165) is 23.3 Å². The average molecular weight is 312 g/mol. The Balaban J connectivity index is 1.88. The van der Waals surface area contributed by atoms with E-state index < -0.39 is 0 Å². The van der Waals surface area contributed by atoms with Gasteiger partial charge in [-0.1, -0.05) is 12.1 Å². The predicted molar refractivity (Wildman–Crippen MR) is 91.6 cm³/mol. The Morgan fingerprint density at radius 1 is 1.17 bits per heavy atom. The Morgan fingerprint density at radius 2 is 1.91 bits per heavy atom. The van der Waals surface area contributed by atoms with E-state index in [9.17, 15) is 4.79 Å². The summed E-state index contributed by atoms with van der Waals surface area (Å²) in [6.45, 7) is 7.44.